The first kappa shape index (κ1) is 12.7. The molecule has 2 nitrogen and oxygen atoms in total. The van der Waals surface area contributed by atoms with Crippen LogP contribution < -0.4 is 10.6 Å². The number of unbranched alkanes of at least 4 members (excludes halogenated alkanes) is 1. The molecule has 0 radical (unpaired) electrons. The largest absolute Gasteiger partial charge is 0.313 e. The van der Waals surface area contributed by atoms with Gasteiger partial charge in [0.1, 0.15) is 0 Å². The summed E-state index contributed by atoms with van der Waals surface area (Å²) in [4.78, 5) is 0. The Hall–Kier alpha value is -0.340. The molecule has 0 amide bonds. The lowest BCUT2D eigenvalue weighted by molar-refractivity contribution is 0.524. The molecule has 0 spiro atoms. The van der Waals surface area contributed by atoms with Crippen molar-refractivity contribution in [1.82, 2.24) is 10.6 Å². The third-order valence-electron chi connectivity index (χ3n) is 3.06. The zero-order chi connectivity index (χ0) is 11.1. The second-order valence-corrected chi connectivity index (χ2v) is 5.05. The molecule has 0 aromatic carbocycles. The maximum atomic E-state index is 3.52. The fraction of sp³-hybridized carbons (Fsp3) is 0.846. The number of hydrogen-bond acceptors (Lipinski definition) is 2. The monoisotopic (exact) mass is 210 g/mol. The van der Waals surface area contributed by atoms with E-state index in [9.17, 15) is 0 Å². The standard InChI is InChI=1S/C13H26N2/c1-11(2)6-4-5-7-14-8-12(3)13-9-15-10-13/h11,14-15H,4-10H2,1-3H3. The van der Waals surface area contributed by atoms with Crippen LogP contribution in [0.25, 0.3) is 0 Å². The highest BCUT2D eigenvalue weighted by Crippen LogP contribution is 2.08. The van der Waals surface area contributed by atoms with E-state index in [1.165, 1.54) is 31.4 Å². The SMILES string of the molecule is CC(CNCCCCC(C)C)=C1CNC1. The minimum Gasteiger partial charge on any atom is -0.313 e. The van der Waals surface area contributed by atoms with Crippen LogP contribution in [0.15, 0.2) is 11.1 Å². The minimum absolute atomic E-state index is 0.856. The summed E-state index contributed by atoms with van der Waals surface area (Å²) >= 11 is 0. The van der Waals surface area contributed by atoms with Crippen molar-refractivity contribution >= 4 is 0 Å². The van der Waals surface area contributed by atoms with Gasteiger partial charge in [-0.3, -0.25) is 0 Å². The Bertz CT molecular complexity index is 201. The smallest absolute Gasteiger partial charge is 0.0183 e. The molecular weight excluding hydrogens is 184 g/mol. The highest BCUT2D eigenvalue weighted by atomic mass is 14.9. The number of rotatable bonds is 7. The molecule has 2 heteroatoms. The summed E-state index contributed by atoms with van der Waals surface area (Å²) in [6.45, 7) is 11.3. The molecule has 1 aliphatic heterocycles. The molecule has 0 bridgehead atoms. The number of hydrogen-bond donors (Lipinski definition) is 2. The Morgan fingerprint density at radius 3 is 2.60 bits per heavy atom. The molecule has 1 rings (SSSR count). The molecule has 0 atom stereocenters. The fourth-order valence-corrected chi connectivity index (χ4v) is 1.76. The zero-order valence-corrected chi connectivity index (χ0v) is 10.5. The van der Waals surface area contributed by atoms with Crippen molar-refractivity contribution in [3.05, 3.63) is 11.1 Å². The van der Waals surface area contributed by atoms with Gasteiger partial charge in [0.2, 0.25) is 0 Å². The summed E-state index contributed by atoms with van der Waals surface area (Å²) < 4.78 is 0. The first-order chi connectivity index (χ1) is 7.20. The van der Waals surface area contributed by atoms with Crippen LogP contribution in [0.5, 0.6) is 0 Å². The van der Waals surface area contributed by atoms with Crippen LogP contribution in [0.2, 0.25) is 0 Å². The van der Waals surface area contributed by atoms with E-state index in [-0.39, 0.29) is 0 Å². The van der Waals surface area contributed by atoms with Crippen molar-refractivity contribution < 1.29 is 0 Å². The molecule has 1 saturated heterocycles. The Balaban J connectivity index is 1.93. The van der Waals surface area contributed by atoms with Gasteiger partial charge in [0.15, 0.2) is 0 Å². The molecule has 0 unspecified atom stereocenters. The third kappa shape index (κ3) is 5.33. The van der Waals surface area contributed by atoms with Crippen molar-refractivity contribution in [2.75, 3.05) is 26.2 Å². The summed E-state index contributed by atoms with van der Waals surface area (Å²) in [5.74, 6) is 0.856. The Morgan fingerprint density at radius 1 is 1.33 bits per heavy atom. The van der Waals surface area contributed by atoms with Crippen LogP contribution in [0, 0.1) is 5.92 Å². The van der Waals surface area contributed by atoms with Crippen molar-refractivity contribution in [2.45, 2.75) is 40.0 Å². The second kappa shape index (κ2) is 7.02. The van der Waals surface area contributed by atoms with Crippen LogP contribution in [0.4, 0.5) is 0 Å². The quantitative estimate of drug-likeness (QED) is 0.498. The highest BCUT2D eigenvalue weighted by molar-refractivity contribution is 5.22. The molecule has 1 aliphatic rings. The summed E-state index contributed by atoms with van der Waals surface area (Å²) in [6, 6.07) is 0. The van der Waals surface area contributed by atoms with Gasteiger partial charge < -0.3 is 10.6 Å². The normalized spacial score (nSPS) is 15.6. The van der Waals surface area contributed by atoms with Gasteiger partial charge in [-0.15, -0.1) is 0 Å². The van der Waals surface area contributed by atoms with Gasteiger partial charge in [-0.25, -0.2) is 0 Å². The lowest BCUT2D eigenvalue weighted by atomic mass is 10.0. The fourth-order valence-electron chi connectivity index (χ4n) is 1.76. The summed E-state index contributed by atoms with van der Waals surface area (Å²) in [5.41, 5.74) is 3.14. The van der Waals surface area contributed by atoms with Gasteiger partial charge in [-0.1, -0.05) is 32.3 Å². The zero-order valence-electron chi connectivity index (χ0n) is 10.5. The van der Waals surface area contributed by atoms with Crippen LogP contribution in [-0.4, -0.2) is 26.2 Å². The maximum absolute atomic E-state index is 3.52. The molecule has 88 valence electrons. The van der Waals surface area contributed by atoms with Crippen molar-refractivity contribution in [3.63, 3.8) is 0 Å². The van der Waals surface area contributed by atoms with E-state index >= 15 is 0 Å². The first-order valence-electron chi connectivity index (χ1n) is 6.29. The molecule has 1 heterocycles. The van der Waals surface area contributed by atoms with E-state index in [1.807, 2.05) is 0 Å². The molecule has 0 aromatic heterocycles. The van der Waals surface area contributed by atoms with E-state index in [0.29, 0.717) is 0 Å². The van der Waals surface area contributed by atoms with Crippen LogP contribution in [0.3, 0.4) is 0 Å². The third-order valence-corrected chi connectivity index (χ3v) is 3.06. The lowest BCUT2D eigenvalue weighted by Gasteiger charge is -2.22. The van der Waals surface area contributed by atoms with E-state index < -0.39 is 0 Å². The van der Waals surface area contributed by atoms with Crippen molar-refractivity contribution in [1.29, 1.82) is 0 Å². The van der Waals surface area contributed by atoms with Crippen LogP contribution >= 0.6 is 0 Å². The molecule has 2 N–H and O–H groups in total. The van der Waals surface area contributed by atoms with Gasteiger partial charge in [-0.05, 0) is 31.4 Å². The van der Waals surface area contributed by atoms with E-state index in [1.54, 1.807) is 5.57 Å². The van der Waals surface area contributed by atoms with Gasteiger partial charge in [-0.2, -0.15) is 0 Å². The van der Waals surface area contributed by atoms with Gasteiger partial charge in [0.25, 0.3) is 0 Å². The first-order valence-corrected chi connectivity index (χ1v) is 6.29. The van der Waals surface area contributed by atoms with Gasteiger partial charge in [0, 0.05) is 19.6 Å². The summed E-state index contributed by atoms with van der Waals surface area (Å²) in [5, 5.41) is 6.80. The van der Waals surface area contributed by atoms with Crippen molar-refractivity contribution in [3.8, 4) is 0 Å². The predicted molar refractivity (Wildman–Crippen MR) is 67.1 cm³/mol. The maximum Gasteiger partial charge on any atom is 0.0183 e. The average molecular weight is 210 g/mol. The minimum atomic E-state index is 0.856. The lowest BCUT2D eigenvalue weighted by Crippen LogP contribution is -2.36. The van der Waals surface area contributed by atoms with Gasteiger partial charge >= 0.3 is 0 Å². The van der Waals surface area contributed by atoms with E-state index in [2.05, 4.69) is 31.4 Å². The molecule has 15 heavy (non-hydrogen) atoms. The Morgan fingerprint density at radius 2 is 2.07 bits per heavy atom. The predicted octanol–water partition coefficient (Wildman–Crippen LogP) is 2.32. The summed E-state index contributed by atoms with van der Waals surface area (Å²) in [7, 11) is 0. The summed E-state index contributed by atoms with van der Waals surface area (Å²) in [6.07, 6.45) is 4.05. The highest BCUT2D eigenvalue weighted by Gasteiger charge is 2.09. The average Bonchev–Trinajstić information content (AvgIpc) is 2.07. The topological polar surface area (TPSA) is 24.1 Å². The molecule has 0 saturated carbocycles. The number of nitrogens with one attached hydrogen (secondary N) is 2. The molecule has 0 aliphatic carbocycles. The second-order valence-electron chi connectivity index (χ2n) is 5.05. The van der Waals surface area contributed by atoms with E-state index in [4.69, 9.17) is 0 Å². The van der Waals surface area contributed by atoms with E-state index in [0.717, 1.165) is 25.6 Å². The van der Waals surface area contributed by atoms with Crippen LogP contribution in [-0.2, 0) is 0 Å². The Labute approximate surface area is 94.5 Å². The molecule has 0 aromatic rings. The molecule has 1 fully saturated rings. The van der Waals surface area contributed by atoms with Crippen LogP contribution in [0.1, 0.15) is 40.0 Å². The Kier molecular flexibility index (Phi) is 5.96. The molecular formula is C13H26N2. The van der Waals surface area contributed by atoms with Gasteiger partial charge in [0.05, 0.1) is 0 Å². The van der Waals surface area contributed by atoms with Crippen molar-refractivity contribution in [2.24, 2.45) is 5.92 Å².